The molecule has 28 heavy (non-hydrogen) atoms. The number of fused-ring (bicyclic) bond motifs is 3. The highest BCUT2D eigenvalue weighted by Crippen LogP contribution is 2.25. The Bertz CT molecular complexity index is 1320. The van der Waals surface area contributed by atoms with E-state index in [0.29, 0.717) is 11.5 Å². The van der Waals surface area contributed by atoms with E-state index >= 15 is 0 Å². The summed E-state index contributed by atoms with van der Waals surface area (Å²) in [5.74, 6) is -0.0214. The number of aryl methyl sites for hydroxylation is 1. The lowest BCUT2D eigenvalue weighted by Gasteiger charge is -2.08. The van der Waals surface area contributed by atoms with Crippen LogP contribution in [0.5, 0.6) is 0 Å². The summed E-state index contributed by atoms with van der Waals surface area (Å²) in [7, 11) is 2.99. The van der Waals surface area contributed by atoms with Crippen molar-refractivity contribution in [2.24, 2.45) is 14.1 Å². The summed E-state index contributed by atoms with van der Waals surface area (Å²) in [4.78, 5) is 41.7. The van der Waals surface area contributed by atoms with Crippen molar-refractivity contribution in [3.8, 4) is 11.3 Å². The number of carbonyl (C=O) groups excluding carboxylic acids is 1. The first-order chi connectivity index (χ1) is 13.4. The zero-order valence-corrected chi connectivity index (χ0v) is 15.7. The van der Waals surface area contributed by atoms with Crippen molar-refractivity contribution in [3.05, 3.63) is 57.4 Å². The molecule has 0 aliphatic carbocycles. The van der Waals surface area contributed by atoms with Gasteiger partial charge in [-0.1, -0.05) is 30.3 Å². The molecule has 144 valence electrons. The summed E-state index contributed by atoms with van der Waals surface area (Å²) in [5.41, 5.74) is 1.22. The number of aromatic nitrogens is 5. The fourth-order valence-electron chi connectivity index (χ4n) is 3.35. The predicted octanol–water partition coefficient (Wildman–Crippen LogP) is 0.916. The largest absolute Gasteiger partial charge is 0.465 e. The molecule has 9 heteroatoms. The number of carbonyl (C=O) groups is 1. The van der Waals surface area contributed by atoms with Gasteiger partial charge in [-0.15, -0.1) is 0 Å². The van der Waals surface area contributed by atoms with E-state index in [1.807, 2.05) is 30.3 Å². The van der Waals surface area contributed by atoms with Crippen LogP contribution < -0.4 is 11.2 Å². The van der Waals surface area contributed by atoms with Crippen LogP contribution in [0.15, 0.2) is 46.1 Å². The maximum Gasteiger partial charge on any atom is 0.332 e. The summed E-state index contributed by atoms with van der Waals surface area (Å²) in [6.45, 7) is 1.94. The van der Waals surface area contributed by atoms with E-state index in [4.69, 9.17) is 4.74 Å². The van der Waals surface area contributed by atoms with Crippen LogP contribution in [-0.2, 0) is 30.2 Å². The molecule has 3 aromatic heterocycles. The molecule has 0 N–H and O–H groups in total. The molecule has 0 radical (unpaired) electrons. The average Bonchev–Trinajstić information content (AvgIpc) is 3.23. The zero-order valence-electron chi connectivity index (χ0n) is 15.7. The number of rotatable bonds is 4. The van der Waals surface area contributed by atoms with Crippen molar-refractivity contribution >= 4 is 22.9 Å². The lowest BCUT2D eigenvalue weighted by molar-refractivity contribution is -0.143. The van der Waals surface area contributed by atoms with Crippen molar-refractivity contribution < 1.29 is 9.53 Å². The van der Waals surface area contributed by atoms with Crippen LogP contribution in [0.3, 0.4) is 0 Å². The Labute approximate surface area is 159 Å². The second kappa shape index (κ2) is 6.52. The van der Waals surface area contributed by atoms with Gasteiger partial charge in [-0.3, -0.25) is 27.7 Å². The summed E-state index contributed by atoms with van der Waals surface area (Å²) >= 11 is 0. The van der Waals surface area contributed by atoms with Crippen LogP contribution >= 0.6 is 0 Å². The van der Waals surface area contributed by atoms with E-state index in [2.05, 4.69) is 4.98 Å². The molecule has 0 aliphatic rings. The summed E-state index contributed by atoms with van der Waals surface area (Å²) in [6, 6.07) is 9.49. The highest BCUT2D eigenvalue weighted by molar-refractivity contribution is 5.79. The van der Waals surface area contributed by atoms with Gasteiger partial charge in [0.1, 0.15) is 6.54 Å². The smallest absolute Gasteiger partial charge is 0.332 e. The van der Waals surface area contributed by atoms with E-state index in [-0.39, 0.29) is 24.3 Å². The van der Waals surface area contributed by atoms with Gasteiger partial charge >= 0.3 is 11.7 Å². The molecule has 0 amide bonds. The van der Waals surface area contributed by atoms with Gasteiger partial charge in [-0.2, -0.15) is 4.98 Å². The molecule has 9 nitrogen and oxygen atoms in total. The van der Waals surface area contributed by atoms with Crippen molar-refractivity contribution in [1.29, 1.82) is 0 Å². The highest BCUT2D eigenvalue weighted by Gasteiger charge is 2.22. The van der Waals surface area contributed by atoms with E-state index in [1.165, 1.54) is 11.6 Å². The summed E-state index contributed by atoms with van der Waals surface area (Å²) in [6.07, 6.45) is 1.76. The van der Waals surface area contributed by atoms with Crippen LogP contribution in [0.4, 0.5) is 0 Å². The number of nitrogens with zero attached hydrogens (tertiary/aromatic N) is 5. The third-order valence-electron chi connectivity index (χ3n) is 4.72. The van der Waals surface area contributed by atoms with Crippen LogP contribution in [-0.4, -0.2) is 35.7 Å². The molecule has 0 bridgehead atoms. The average molecular weight is 381 g/mol. The van der Waals surface area contributed by atoms with E-state index in [0.717, 1.165) is 10.1 Å². The molecule has 0 atom stereocenters. The van der Waals surface area contributed by atoms with Gasteiger partial charge < -0.3 is 4.74 Å². The molecular formula is C19H19N5O4. The number of benzene rings is 1. The van der Waals surface area contributed by atoms with Crippen LogP contribution in [0, 0.1) is 0 Å². The Morgan fingerprint density at radius 3 is 2.50 bits per heavy atom. The summed E-state index contributed by atoms with van der Waals surface area (Å²) < 4.78 is 10.8. The number of hydrogen-bond acceptors (Lipinski definition) is 5. The predicted molar refractivity (Wildman–Crippen MR) is 103 cm³/mol. The normalized spacial score (nSPS) is 11.4. The Hall–Kier alpha value is -3.62. The van der Waals surface area contributed by atoms with E-state index in [1.54, 1.807) is 29.1 Å². The third-order valence-corrected chi connectivity index (χ3v) is 4.72. The zero-order chi connectivity index (χ0) is 20.0. The first-order valence-corrected chi connectivity index (χ1v) is 8.82. The Balaban J connectivity index is 2.08. The van der Waals surface area contributed by atoms with Crippen molar-refractivity contribution in [2.75, 3.05) is 6.61 Å². The molecule has 4 rings (SSSR count). The summed E-state index contributed by atoms with van der Waals surface area (Å²) in [5, 5.41) is 0. The second-order valence-corrected chi connectivity index (χ2v) is 6.43. The lowest BCUT2D eigenvalue weighted by Crippen LogP contribution is -2.37. The molecule has 1 aromatic carbocycles. The maximum absolute atomic E-state index is 12.7. The van der Waals surface area contributed by atoms with Crippen LogP contribution in [0.1, 0.15) is 6.92 Å². The van der Waals surface area contributed by atoms with E-state index in [9.17, 15) is 14.4 Å². The van der Waals surface area contributed by atoms with Crippen LogP contribution in [0.25, 0.3) is 28.2 Å². The second-order valence-electron chi connectivity index (χ2n) is 6.43. The fraction of sp³-hybridized carbons (Fsp3) is 0.263. The molecular weight excluding hydrogens is 362 g/mol. The van der Waals surface area contributed by atoms with E-state index < -0.39 is 17.2 Å². The van der Waals surface area contributed by atoms with Gasteiger partial charge in [0.2, 0.25) is 5.78 Å². The first-order valence-electron chi connectivity index (χ1n) is 8.82. The number of imidazole rings is 2. The number of esters is 1. The number of ether oxygens (including phenoxy) is 1. The molecule has 0 saturated carbocycles. The fourth-order valence-corrected chi connectivity index (χ4v) is 3.35. The molecule has 0 saturated heterocycles. The third kappa shape index (κ3) is 2.55. The van der Waals surface area contributed by atoms with Crippen molar-refractivity contribution in [3.63, 3.8) is 0 Å². The highest BCUT2D eigenvalue weighted by atomic mass is 16.5. The molecule has 0 fully saturated rings. The van der Waals surface area contributed by atoms with Crippen LogP contribution in [0.2, 0.25) is 0 Å². The van der Waals surface area contributed by atoms with Gasteiger partial charge in [-0.25, -0.2) is 4.79 Å². The van der Waals surface area contributed by atoms with Crippen molar-refractivity contribution in [1.82, 2.24) is 23.1 Å². The van der Waals surface area contributed by atoms with Gasteiger partial charge in [-0.05, 0) is 12.5 Å². The molecule has 4 aromatic rings. The monoisotopic (exact) mass is 381 g/mol. The van der Waals surface area contributed by atoms with Gasteiger partial charge in [0.25, 0.3) is 5.56 Å². The molecule has 0 unspecified atom stereocenters. The molecule has 3 heterocycles. The SMILES string of the molecule is CCOC(=O)Cn1c(-c2ccccc2)cn2c3c(=O)n(C)c(=O)n(C)c3nc12. The minimum absolute atomic E-state index is 0.0633. The van der Waals surface area contributed by atoms with Gasteiger partial charge in [0, 0.05) is 20.3 Å². The lowest BCUT2D eigenvalue weighted by atomic mass is 10.2. The minimum atomic E-state index is -0.460. The quantitative estimate of drug-likeness (QED) is 0.490. The molecule has 0 spiro atoms. The Kier molecular flexibility index (Phi) is 4.14. The topological polar surface area (TPSA) is 92.5 Å². The minimum Gasteiger partial charge on any atom is -0.465 e. The number of hydrogen-bond donors (Lipinski definition) is 0. The standard InChI is InChI=1S/C19H19N5O4/c1-4-28-14(25)11-23-13(12-8-6-5-7-9-12)10-24-15-16(20-18(23)24)21(2)19(27)22(3)17(15)26/h5-10H,4,11H2,1-3H3. The van der Waals surface area contributed by atoms with Gasteiger partial charge in [0.05, 0.1) is 12.3 Å². The first kappa shape index (κ1) is 17.8. The van der Waals surface area contributed by atoms with Crippen molar-refractivity contribution in [2.45, 2.75) is 13.5 Å². The Morgan fingerprint density at radius 2 is 1.82 bits per heavy atom. The van der Waals surface area contributed by atoms with Gasteiger partial charge in [0.15, 0.2) is 11.2 Å². The molecule has 0 aliphatic heterocycles. The Morgan fingerprint density at radius 1 is 1.11 bits per heavy atom. The maximum atomic E-state index is 12.7.